The monoisotopic (exact) mass is 634 g/mol. The van der Waals surface area contributed by atoms with Gasteiger partial charge >= 0.3 is 11.9 Å². The normalized spacial score (nSPS) is 14.4. The molecule has 0 saturated heterocycles. The molecule has 46 heavy (non-hydrogen) atoms. The second-order valence-electron chi connectivity index (χ2n) is 10.2. The van der Waals surface area contributed by atoms with Gasteiger partial charge in [0.2, 0.25) is 0 Å². The minimum atomic E-state index is -0.809. The summed E-state index contributed by atoms with van der Waals surface area (Å²) in [5, 5.41) is 0. The summed E-state index contributed by atoms with van der Waals surface area (Å²) < 4.78 is 24.0. The Hall–Kier alpha value is -5.48. The van der Waals surface area contributed by atoms with E-state index in [4.69, 9.17) is 23.6 Å². The van der Waals surface area contributed by atoms with Crippen LogP contribution in [0, 0.1) is 0 Å². The van der Waals surface area contributed by atoms with Crippen molar-refractivity contribution in [1.29, 1.82) is 0 Å². The number of carbonyl (C=O) groups is 2. The number of furan rings is 1. The van der Waals surface area contributed by atoms with Gasteiger partial charge in [-0.1, -0.05) is 65.9 Å². The summed E-state index contributed by atoms with van der Waals surface area (Å²) >= 11 is 1.20. The van der Waals surface area contributed by atoms with Crippen molar-refractivity contribution >= 4 is 35.0 Å². The Morgan fingerprint density at radius 2 is 1.61 bits per heavy atom. The van der Waals surface area contributed by atoms with E-state index in [0.29, 0.717) is 49.0 Å². The van der Waals surface area contributed by atoms with Crippen LogP contribution in [0.1, 0.15) is 47.1 Å². The molecular weight excluding hydrogens is 604 g/mol. The largest absolute Gasteiger partial charge is 0.497 e. The van der Waals surface area contributed by atoms with Gasteiger partial charge in [-0.05, 0) is 55.8 Å². The van der Waals surface area contributed by atoms with Gasteiger partial charge in [0.25, 0.3) is 5.56 Å². The minimum absolute atomic E-state index is 0.160. The zero-order chi connectivity index (χ0) is 32.2. The highest BCUT2D eigenvalue weighted by Gasteiger charge is 2.35. The van der Waals surface area contributed by atoms with Gasteiger partial charge in [-0.2, -0.15) is 0 Å². The summed E-state index contributed by atoms with van der Waals surface area (Å²) in [6.07, 6.45) is 1.66. The van der Waals surface area contributed by atoms with E-state index >= 15 is 0 Å². The van der Waals surface area contributed by atoms with Crippen molar-refractivity contribution in [3.8, 4) is 17.1 Å². The number of methoxy groups -OCH3 is 1. The van der Waals surface area contributed by atoms with E-state index < -0.39 is 18.0 Å². The lowest BCUT2D eigenvalue weighted by atomic mass is 9.93. The topological polar surface area (TPSA) is 109 Å². The summed E-state index contributed by atoms with van der Waals surface area (Å²) in [4.78, 5) is 45.3. The fourth-order valence-electron chi connectivity index (χ4n) is 5.27. The van der Waals surface area contributed by atoms with Gasteiger partial charge in [-0.15, -0.1) is 0 Å². The summed E-state index contributed by atoms with van der Waals surface area (Å²) in [5.74, 6) is 0.636. The Bertz CT molecular complexity index is 2120. The highest BCUT2D eigenvalue weighted by atomic mass is 32.1. The number of carbonyl (C=O) groups excluding carboxylic acids is 2. The van der Waals surface area contributed by atoms with Crippen LogP contribution in [-0.2, 0) is 14.3 Å². The second-order valence-corrected chi connectivity index (χ2v) is 11.2. The third-order valence-electron chi connectivity index (χ3n) is 7.36. The predicted molar refractivity (Wildman–Crippen MR) is 174 cm³/mol. The van der Waals surface area contributed by atoms with E-state index in [9.17, 15) is 14.4 Å². The number of thiazole rings is 1. The highest BCUT2D eigenvalue weighted by molar-refractivity contribution is 7.07. The van der Waals surface area contributed by atoms with Crippen LogP contribution in [0.5, 0.6) is 5.75 Å². The number of fused-ring (bicyclic) bond motifs is 1. The van der Waals surface area contributed by atoms with Crippen LogP contribution >= 0.6 is 11.3 Å². The minimum Gasteiger partial charge on any atom is -0.497 e. The Balaban J connectivity index is 1.50. The number of hydrogen-bond donors (Lipinski definition) is 0. The van der Waals surface area contributed by atoms with E-state index in [2.05, 4.69) is 0 Å². The molecule has 0 N–H and O–H groups in total. The SMILES string of the molecule is CCOC(=O)C1=C(c2ccccc2)N=c2s/c(=C\c3ccc(-c4cccc(C(=O)OCC)c4)o3)c(=O)n2[C@H]1c1ccc(OC)cc1. The molecule has 0 bridgehead atoms. The molecule has 1 atom stereocenters. The maximum atomic E-state index is 14.1. The first-order valence-electron chi connectivity index (χ1n) is 14.7. The van der Waals surface area contributed by atoms with E-state index in [1.807, 2.05) is 48.5 Å². The first kappa shape index (κ1) is 30.5. The highest BCUT2D eigenvalue weighted by Crippen LogP contribution is 2.35. The van der Waals surface area contributed by atoms with Crippen molar-refractivity contribution in [3.05, 3.63) is 139 Å². The molecule has 5 aromatic rings. The zero-order valence-corrected chi connectivity index (χ0v) is 26.2. The maximum absolute atomic E-state index is 14.1. The number of hydrogen-bond acceptors (Lipinski definition) is 9. The molecule has 10 heteroatoms. The molecule has 3 heterocycles. The van der Waals surface area contributed by atoms with Crippen LogP contribution in [0.4, 0.5) is 0 Å². The molecule has 0 amide bonds. The summed E-state index contributed by atoms with van der Waals surface area (Å²) in [5.41, 5.74) is 2.90. The standard InChI is InChI=1S/C36H30N2O7S/c1-4-43-34(40)25-13-9-12-24(20-25)28-19-18-27(45-28)21-29-33(39)38-32(23-14-16-26(42-3)17-15-23)30(35(41)44-5-2)31(37-36(38)46-29)22-10-7-6-8-11-22/h6-21,32H,4-5H2,1-3H3/b29-21-/t32-/m0/s1. The molecular formula is C36H30N2O7S. The lowest BCUT2D eigenvalue weighted by molar-refractivity contribution is -0.138. The fourth-order valence-corrected chi connectivity index (χ4v) is 6.25. The van der Waals surface area contributed by atoms with Gasteiger partial charge in [0.05, 0.1) is 47.7 Å². The number of ether oxygens (including phenoxy) is 3. The Morgan fingerprint density at radius 3 is 2.33 bits per heavy atom. The van der Waals surface area contributed by atoms with Crippen molar-refractivity contribution in [2.24, 2.45) is 4.99 Å². The van der Waals surface area contributed by atoms with E-state index in [1.165, 1.54) is 15.9 Å². The number of rotatable bonds is 9. The second kappa shape index (κ2) is 13.3. The number of aromatic nitrogens is 1. The molecule has 3 aromatic carbocycles. The van der Waals surface area contributed by atoms with Crippen LogP contribution in [0.15, 0.2) is 111 Å². The molecule has 0 saturated carbocycles. The molecule has 0 fully saturated rings. The lowest BCUT2D eigenvalue weighted by Crippen LogP contribution is -2.40. The number of esters is 2. The Kier molecular flexibility index (Phi) is 8.80. The van der Waals surface area contributed by atoms with Crippen molar-refractivity contribution in [3.63, 3.8) is 0 Å². The quantitative estimate of drug-likeness (QED) is 0.200. The number of benzene rings is 3. The van der Waals surface area contributed by atoms with E-state index in [0.717, 1.165) is 5.56 Å². The molecule has 0 radical (unpaired) electrons. The van der Waals surface area contributed by atoms with Gasteiger partial charge in [0.15, 0.2) is 4.80 Å². The first-order valence-corrected chi connectivity index (χ1v) is 15.5. The molecule has 6 rings (SSSR count). The summed E-state index contributed by atoms with van der Waals surface area (Å²) in [6.45, 7) is 3.93. The Labute approximate surface area is 268 Å². The smallest absolute Gasteiger partial charge is 0.338 e. The predicted octanol–water partition coefficient (Wildman–Crippen LogP) is 5.38. The van der Waals surface area contributed by atoms with E-state index in [1.54, 1.807) is 69.5 Å². The molecule has 2 aromatic heterocycles. The molecule has 232 valence electrons. The van der Waals surface area contributed by atoms with Gasteiger partial charge in [0.1, 0.15) is 17.3 Å². The van der Waals surface area contributed by atoms with Gasteiger partial charge in [-0.25, -0.2) is 14.6 Å². The van der Waals surface area contributed by atoms with Crippen LogP contribution < -0.4 is 19.6 Å². The summed E-state index contributed by atoms with van der Waals surface area (Å²) in [6, 6.07) is 26.3. The van der Waals surface area contributed by atoms with Crippen molar-refractivity contribution in [2.75, 3.05) is 20.3 Å². The molecule has 1 aliphatic heterocycles. The third kappa shape index (κ3) is 5.94. The molecule has 0 aliphatic carbocycles. The number of nitrogens with zero attached hydrogens (tertiary/aromatic N) is 2. The van der Waals surface area contributed by atoms with Crippen LogP contribution in [-0.4, -0.2) is 36.8 Å². The lowest BCUT2D eigenvalue weighted by Gasteiger charge is -2.26. The average Bonchev–Trinajstić information content (AvgIpc) is 3.68. The van der Waals surface area contributed by atoms with E-state index in [-0.39, 0.29) is 24.3 Å². The van der Waals surface area contributed by atoms with Crippen molar-refractivity contribution < 1.29 is 28.2 Å². The van der Waals surface area contributed by atoms with Crippen molar-refractivity contribution in [1.82, 2.24) is 4.57 Å². The van der Waals surface area contributed by atoms with Crippen LogP contribution in [0.2, 0.25) is 0 Å². The average molecular weight is 635 g/mol. The van der Waals surface area contributed by atoms with Gasteiger partial charge in [0, 0.05) is 17.2 Å². The molecule has 0 unspecified atom stereocenters. The van der Waals surface area contributed by atoms with Gasteiger partial charge < -0.3 is 18.6 Å². The third-order valence-corrected chi connectivity index (χ3v) is 8.35. The molecule has 9 nitrogen and oxygen atoms in total. The fraction of sp³-hybridized carbons (Fsp3) is 0.167. The van der Waals surface area contributed by atoms with Gasteiger partial charge in [-0.3, -0.25) is 9.36 Å². The first-order chi connectivity index (χ1) is 22.4. The van der Waals surface area contributed by atoms with Crippen molar-refractivity contribution in [2.45, 2.75) is 19.9 Å². The van der Waals surface area contributed by atoms with Crippen LogP contribution in [0.3, 0.4) is 0 Å². The maximum Gasteiger partial charge on any atom is 0.338 e. The molecule has 1 aliphatic rings. The van der Waals surface area contributed by atoms with Crippen LogP contribution in [0.25, 0.3) is 23.1 Å². The Morgan fingerprint density at radius 1 is 0.891 bits per heavy atom. The zero-order valence-electron chi connectivity index (χ0n) is 25.4. The molecule has 0 spiro atoms. The summed E-state index contributed by atoms with van der Waals surface area (Å²) in [7, 11) is 1.58.